The van der Waals surface area contributed by atoms with Gasteiger partial charge in [0, 0.05) is 5.38 Å². The van der Waals surface area contributed by atoms with Gasteiger partial charge in [-0.05, 0) is 35.7 Å². The van der Waals surface area contributed by atoms with Gasteiger partial charge in [0.1, 0.15) is 0 Å². The van der Waals surface area contributed by atoms with E-state index >= 15 is 0 Å². The number of ether oxygens (including phenoxy) is 3. The van der Waals surface area contributed by atoms with Crippen molar-refractivity contribution in [3.05, 3.63) is 59.1 Å². The molecule has 29 heavy (non-hydrogen) atoms. The van der Waals surface area contributed by atoms with Gasteiger partial charge in [0.2, 0.25) is 11.9 Å². The molecule has 8 heteroatoms. The molecule has 3 aromatic rings. The quantitative estimate of drug-likeness (QED) is 0.360. The Morgan fingerprint density at radius 3 is 2.83 bits per heavy atom. The summed E-state index contributed by atoms with van der Waals surface area (Å²) < 4.78 is 15.7. The zero-order chi connectivity index (χ0) is 20.1. The van der Waals surface area contributed by atoms with Crippen molar-refractivity contribution in [3.63, 3.8) is 0 Å². The normalized spacial score (nSPS) is 12.3. The van der Waals surface area contributed by atoms with Crippen LogP contribution in [0.5, 0.6) is 11.5 Å². The average molecular weight is 409 g/mol. The molecule has 0 atom stereocenters. The lowest BCUT2D eigenvalue weighted by Crippen LogP contribution is -2.07. The van der Waals surface area contributed by atoms with Crippen LogP contribution in [0.4, 0.5) is 5.13 Å². The van der Waals surface area contributed by atoms with E-state index in [0.29, 0.717) is 17.4 Å². The number of anilines is 1. The van der Waals surface area contributed by atoms with Gasteiger partial charge >= 0.3 is 5.97 Å². The average Bonchev–Trinajstić information content (AvgIpc) is 3.37. The number of hydrazone groups is 1. The molecule has 148 valence electrons. The molecule has 0 saturated carbocycles. The largest absolute Gasteiger partial charge is 0.466 e. The van der Waals surface area contributed by atoms with Crippen molar-refractivity contribution < 1.29 is 19.0 Å². The number of rotatable bonds is 7. The first-order valence-electron chi connectivity index (χ1n) is 9.10. The summed E-state index contributed by atoms with van der Waals surface area (Å²) in [6.45, 7) is 2.42. The van der Waals surface area contributed by atoms with Crippen LogP contribution in [-0.2, 0) is 16.0 Å². The van der Waals surface area contributed by atoms with E-state index in [4.69, 9.17) is 14.2 Å². The molecule has 2 heterocycles. The van der Waals surface area contributed by atoms with E-state index in [1.807, 2.05) is 47.8 Å². The van der Waals surface area contributed by atoms with Crippen LogP contribution >= 0.6 is 11.3 Å². The maximum absolute atomic E-state index is 11.5. The van der Waals surface area contributed by atoms with Crippen molar-refractivity contribution in [1.82, 2.24) is 4.98 Å². The lowest BCUT2D eigenvalue weighted by Gasteiger charge is -2.04. The summed E-state index contributed by atoms with van der Waals surface area (Å²) in [6.07, 6.45) is 1.88. The summed E-state index contributed by atoms with van der Waals surface area (Å²) in [4.78, 5) is 15.8. The Hall–Kier alpha value is -3.39. The number of hydrogen-bond donors (Lipinski definition) is 1. The van der Waals surface area contributed by atoms with E-state index in [2.05, 4.69) is 15.5 Å². The number of nitrogens with one attached hydrogen (secondary N) is 1. The number of thiazole rings is 1. The second-order valence-corrected chi connectivity index (χ2v) is 7.04. The highest BCUT2D eigenvalue weighted by Gasteiger charge is 2.13. The first-order chi connectivity index (χ1) is 14.2. The molecule has 1 aliphatic heterocycles. The molecule has 0 saturated heterocycles. The van der Waals surface area contributed by atoms with E-state index in [9.17, 15) is 4.79 Å². The molecule has 1 N–H and O–H groups in total. The summed E-state index contributed by atoms with van der Waals surface area (Å²) >= 11 is 1.39. The van der Waals surface area contributed by atoms with E-state index in [-0.39, 0.29) is 19.2 Å². The molecule has 0 fully saturated rings. The van der Waals surface area contributed by atoms with Gasteiger partial charge in [-0.3, -0.25) is 10.2 Å². The number of nitrogens with zero attached hydrogens (tertiary/aromatic N) is 2. The zero-order valence-corrected chi connectivity index (χ0v) is 16.6. The van der Waals surface area contributed by atoms with Gasteiger partial charge in [-0.1, -0.05) is 30.3 Å². The number of hydrogen-bond acceptors (Lipinski definition) is 8. The fourth-order valence-electron chi connectivity index (χ4n) is 2.80. The standard InChI is InChI=1S/C21H19N3O4S/c1-2-26-20(25)10-17-12-29-21(23-17)24-22-11-14-3-5-15(6-4-14)16-7-8-18-19(9-16)28-13-27-18/h3-9,11-12H,2,10,13H2,1H3,(H,23,24). The molecular weight excluding hydrogens is 390 g/mol. The van der Waals surface area contributed by atoms with Gasteiger partial charge in [-0.2, -0.15) is 5.10 Å². The lowest BCUT2D eigenvalue weighted by atomic mass is 10.0. The van der Waals surface area contributed by atoms with Crippen molar-refractivity contribution in [2.75, 3.05) is 18.8 Å². The first kappa shape index (κ1) is 18.9. The third-order valence-electron chi connectivity index (χ3n) is 4.17. The molecule has 0 bridgehead atoms. The summed E-state index contributed by atoms with van der Waals surface area (Å²) in [5.41, 5.74) is 6.65. The highest BCUT2D eigenvalue weighted by Crippen LogP contribution is 2.35. The van der Waals surface area contributed by atoms with Crippen molar-refractivity contribution >= 4 is 28.7 Å². The smallest absolute Gasteiger partial charge is 0.311 e. The summed E-state index contributed by atoms with van der Waals surface area (Å²) in [7, 11) is 0. The molecule has 0 aliphatic carbocycles. The number of esters is 1. The Kier molecular flexibility index (Phi) is 5.71. The van der Waals surface area contributed by atoms with Crippen LogP contribution in [0.15, 0.2) is 52.9 Å². The van der Waals surface area contributed by atoms with Crippen molar-refractivity contribution in [3.8, 4) is 22.6 Å². The van der Waals surface area contributed by atoms with Gasteiger partial charge in [0.25, 0.3) is 0 Å². The molecular formula is C21H19N3O4S. The van der Waals surface area contributed by atoms with E-state index in [0.717, 1.165) is 28.2 Å². The third kappa shape index (κ3) is 4.72. The second-order valence-electron chi connectivity index (χ2n) is 6.19. The summed E-state index contributed by atoms with van der Waals surface area (Å²) in [6, 6.07) is 13.9. The van der Waals surface area contributed by atoms with Crippen LogP contribution in [0.1, 0.15) is 18.2 Å². The van der Waals surface area contributed by atoms with Crippen molar-refractivity contribution in [1.29, 1.82) is 0 Å². The van der Waals surface area contributed by atoms with Crippen molar-refractivity contribution in [2.24, 2.45) is 5.10 Å². The minimum absolute atomic E-state index is 0.164. The third-order valence-corrected chi connectivity index (χ3v) is 4.97. The van der Waals surface area contributed by atoms with Gasteiger partial charge in [-0.25, -0.2) is 4.98 Å². The number of carbonyl (C=O) groups excluding carboxylic acids is 1. The Bertz CT molecular complexity index is 1030. The molecule has 1 aromatic heterocycles. The fourth-order valence-corrected chi connectivity index (χ4v) is 3.46. The first-order valence-corrected chi connectivity index (χ1v) is 9.98. The van der Waals surface area contributed by atoms with Gasteiger partial charge in [0.15, 0.2) is 11.5 Å². The number of benzene rings is 2. The molecule has 4 rings (SSSR count). The van der Waals surface area contributed by atoms with Gasteiger partial charge in [-0.15, -0.1) is 11.3 Å². The Morgan fingerprint density at radius 1 is 1.21 bits per heavy atom. The molecule has 0 radical (unpaired) electrons. The molecule has 7 nitrogen and oxygen atoms in total. The second kappa shape index (κ2) is 8.74. The molecule has 1 aliphatic rings. The Labute approximate surface area is 172 Å². The monoisotopic (exact) mass is 409 g/mol. The van der Waals surface area contributed by atoms with Gasteiger partial charge < -0.3 is 14.2 Å². The minimum atomic E-state index is -0.282. The van der Waals surface area contributed by atoms with Crippen LogP contribution < -0.4 is 14.9 Å². The lowest BCUT2D eigenvalue weighted by molar-refractivity contribution is -0.142. The fraction of sp³-hybridized carbons (Fsp3) is 0.190. The molecule has 0 spiro atoms. The van der Waals surface area contributed by atoms with Gasteiger partial charge in [0.05, 0.1) is 24.9 Å². The predicted molar refractivity (Wildman–Crippen MR) is 112 cm³/mol. The van der Waals surface area contributed by atoms with E-state index < -0.39 is 0 Å². The van der Waals surface area contributed by atoms with Crippen LogP contribution in [0.3, 0.4) is 0 Å². The van der Waals surface area contributed by atoms with E-state index in [1.54, 1.807) is 13.1 Å². The van der Waals surface area contributed by atoms with Crippen LogP contribution in [0.25, 0.3) is 11.1 Å². The SMILES string of the molecule is CCOC(=O)Cc1csc(NN=Cc2ccc(-c3ccc4c(c3)OCO4)cc2)n1. The number of aromatic nitrogens is 1. The maximum atomic E-state index is 11.5. The highest BCUT2D eigenvalue weighted by molar-refractivity contribution is 7.13. The topological polar surface area (TPSA) is 82.0 Å². The summed E-state index contributed by atoms with van der Waals surface area (Å²) in [5, 5.41) is 6.65. The predicted octanol–water partition coefficient (Wildman–Crippen LogP) is 4.09. The summed E-state index contributed by atoms with van der Waals surface area (Å²) in [5.74, 6) is 1.26. The number of carbonyl (C=O) groups is 1. The Balaban J connectivity index is 1.35. The molecule has 2 aromatic carbocycles. The highest BCUT2D eigenvalue weighted by atomic mass is 32.1. The van der Waals surface area contributed by atoms with Crippen LogP contribution in [-0.4, -0.2) is 30.6 Å². The Morgan fingerprint density at radius 2 is 2.00 bits per heavy atom. The minimum Gasteiger partial charge on any atom is -0.466 e. The van der Waals surface area contributed by atoms with E-state index in [1.165, 1.54) is 11.3 Å². The number of fused-ring (bicyclic) bond motifs is 1. The molecule has 0 amide bonds. The van der Waals surface area contributed by atoms with Crippen LogP contribution in [0, 0.1) is 0 Å². The molecule has 0 unspecified atom stereocenters. The maximum Gasteiger partial charge on any atom is 0.311 e. The van der Waals surface area contributed by atoms with Crippen LogP contribution in [0.2, 0.25) is 0 Å². The zero-order valence-electron chi connectivity index (χ0n) is 15.8. The van der Waals surface area contributed by atoms with Crippen molar-refractivity contribution in [2.45, 2.75) is 13.3 Å².